The van der Waals surface area contributed by atoms with Gasteiger partial charge in [-0.15, -0.1) is 0 Å². The van der Waals surface area contributed by atoms with Crippen LogP contribution >= 0.6 is 22.6 Å². The van der Waals surface area contributed by atoms with E-state index in [4.69, 9.17) is 0 Å². The Labute approximate surface area is 104 Å². The van der Waals surface area contributed by atoms with Gasteiger partial charge in [-0.25, -0.2) is 9.97 Å². The fourth-order valence-electron chi connectivity index (χ4n) is 1.99. The summed E-state index contributed by atoms with van der Waals surface area (Å²) in [5.74, 6) is 0.780. The van der Waals surface area contributed by atoms with E-state index in [0.717, 1.165) is 9.52 Å². The second-order valence-electron chi connectivity index (χ2n) is 4.06. The Hall–Kier alpha value is -0.390. The number of anilines is 1. The number of hydrogen-bond donors (Lipinski definition) is 1. The van der Waals surface area contributed by atoms with Crippen LogP contribution < -0.4 is 5.32 Å². The van der Waals surface area contributed by atoms with Crippen molar-refractivity contribution in [3.05, 3.63) is 16.0 Å². The van der Waals surface area contributed by atoms with E-state index in [2.05, 4.69) is 37.9 Å². The summed E-state index contributed by atoms with van der Waals surface area (Å²) >= 11 is 2.22. The van der Waals surface area contributed by atoms with E-state index >= 15 is 0 Å². The first-order valence-corrected chi connectivity index (χ1v) is 6.66. The Kier molecular flexibility index (Phi) is 4.17. The van der Waals surface area contributed by atoms with Gasteiger partial charge in [0.25, 0.3) is 0 Å². The van der Waals surface area contributed by atoms with Crippen molar-refractivity contribution in [1.29, 1.82) is 0 Å². The van der Waals surface area contributed by atoms with Crippen LogP contribution in [0.25, 0.3) is 0 Å². The second-order valence-corrected chi connectivity index (χ2v) is 5.30. The van der Waals surface area contributed by atoms with Crippen LogP contribution in [0.4, 0.5) is 5.95 Å². The fraction of sp³-hybridized carbons (Fsp3) is 0.636. The van der Waals surface area contributed by atoms with Crippen LogP contribution in [0.2, 0.25) is 0 Å². The molecule has 1 heterocycles. The van der Waals surface area contributed by atoms with E-state index < -0.39 is 0 Å². The summed E-state index contributed by atoms with van der Waals surface area (Å²) in [6.45, 7) is 0. The van der Waals surface area contributed by atoms with Gasteiger partial charge in [0.2, 0.25) is 5.95 Å². The average Bonchev–Trinajstić information content (AvgIpc) is 2.50. The minimum Gasteiger partial charge on any atom is -0.351 e. The lowest BCUT2D eigenvalue weighted by atomic mass is 10.1. The first-order chi connectivity index (χ1) is 7.34. The second kappa shape index (κ2) is 5.63. The van der Waals surface area contributed by atoms with Gasteiger partial charge in [0, 0.05) is 22.0 Å². The highest BCUT2D eigenvalue weighted by atomic mass is 127. The van der Waals surface area contributed by atoms with Crippen LogP contribution in [0.1, 0.15) is 38.5 Å². The number of nitrogens with zero attached hydrogens (tertiary/aromatic N) is 2. The molecule has 1 aliphatic rings. The van der Waals surface area contributed by atoms with Crippen molar-refractivity contribution >= 4 is 28.5 Å². The van der Waals surface area contributed by atoms with Crippen molar-refractivity contribution in [2.75, 3.05) is 5.32 Å². The molecule has 3 nitrogen and oxygen atoms in total. The van der Waals surface area contributed by atoms with E-state index in [1.165, 1.54) is 38.5 Å². The van der Waals surface area contributed by atoms with Gasteiger partial charge in [0.05, 0.1) is 0 Å². The summed E-state index contributed by atoms with van der Waals surface area (Å²) in [6, 6.07) is 0.576. The van der Waals surface area contributed by atoms with Crippen molar-refractivity contribution in [2.45, 2.75) is 44.6 Å². The first-order valence-electron chi connectivity index (χ1n) is 5.59. The summed E-state index contributed by atoms with van der Waals surface area (Å²) in [7, 11) is 0. The minimum atomic E-state index is 0.576. The zero-order valence-electron chi connectivity index (χ0n) is 8.75. The van der Waals surface area contributed by atoms with Crippen LogP contribution in [0, 0.1) is 3.57 Å². The standard InChI is InChI=1S/C11H16IN3/c12-9-7-13-11(14-8-9)15-10-5-3-1-2-4-6-10/h7-8,10H,1-6H2,(H,13,14,15). The maximum Gasteiger partial charge on any atom is 0.222 e. The Morgan fingerprint density at radius 3 is 2.27 bits per heavy atom. The first kappa shape index (κ1) is 11.1. The molecule has 4 heteroatoms. The molecule has 1 N–H and O–H groups in total. The molecular formula is C11H16IN3. The predicted molar refractivity (Wildman–Crippen MR) is 69.9 cm³/mol. The van der Waals surface area contributed by atoms with Crippen LogP contribution in [-0.4, -0.2) is 16.0 Å². The summed E-state index contributed by atoms with van der Waals surface area (Å²) < 4.78 is 1.08. The topological polar surface area (TPSA) is 37.8 Å². The molecule has 0 bridgehead atoms. The van der Waals surface area contributed by atoms with E-state index in [1.54, 1.807) is 0 Å². The predicted octanol–water partition coefficient (Wildman–Crippen LogP) is 3.22. The molecule has 0 aromatic carbocycles. The summed E-state index contributed by atoms with van der Waals surface area (Å²) in [5, 5.41) is 3.42. The quantitative estimate of drug-likeness (QED) is 0.672. The highest BCUT2D eigenvalue weighted by Gasteiger charge is 2.12. The molecule has 2 rings (SSSR count). The van der Waals surface area contributed by atoms with Gasteiger partial charge in [0.15, 0.2) is 0 Å². The molecule has 0 atom stereocenters. The lowest BCUT2D eigenvalue weighted by Gasteiger charge is -2.15. The van der Waals surface area contributed by atoms with Crippen LogP contribution in [-0.2, 0) is 0 Å². The molecule has 1 aromatic rings. The van der Waals surface area contributed by atoms with Crippen molar-refractivity contribution < 1.29 is 0 Å². The number of aromatic nitrogens is 2. The molecule has 0 amide bonds. The van der Waals surface area contributed by atoms with Crippen molar-refractivity contribution in [1.82, 2.24) is 9.97 Å². The molecule has 0 unspecified atom stereocenters. The van der Waals surface area contributed by atoms with Crippen molar-refractivity contribution in [3.8, 4) is 0 Å². The molecule has 15 heavy (non-hydrogen) atoms. The monoisotopic (exact) mass is 317 g/mol. The summed E-state index contributed by atoms with van der Waals surface area (Å²) in [6.07, 6.45) is 11.7. The molecular weight excluding hydrogens is 301 g/mol. The Balaban J connectivity index is 1.92. The smallest absolute Gasteiger partial charge is 0.222 e. The van der Waals surface area contributed by atoms with Crippen LogP contribution in [0.15, 0.2) is 12.4 Å². The largest absolute Gasteiger partial charge is 0.351 e. The number of rotatable bonds is 2. The third kappa shape index (κ3) is 3.59. The zero-order valence-corrected chi connectivity index (χ0v) is 10.9. The molecule has 1 saturated carbocycles. The molecule has 1 aromatic heterocycles. The maximum absolute atomic E-state index is 4.27. The SMILES string of the molecule is Ic1cnc(NC2CCCCCC2)nc1. The van der Waals surface area contributed by atoms with Gasteiger partial charge in [-0.3, -0.25) is 0 Å². The lowest BCUT2D eigenvalue weighted by molar-refractivity contribution is 0.614. The summed E-state index contributed by atoms with van der Waals surface area (Å²) in [4.78, 5) is 8.55. The number of hydrogen-bond acceptors (Lipinski definition) is 3. The van der Waals surface area contributed by atoms with Crippen LogP contribution in [0.5, 0.6) is 0 Å². The fourth-order valence-corrected chi connectivity index (χ4v) is 2.27. The third-order valence-corrected chi connectivity index (χ3v) is 3.37. The van der Waals surface area contributed by atoms with Gasteiger partial charge in [-0.05, 0) is 35.4 Å². The zero-order chi connectivity index (χ0) is 10.5. The Morgan fingerprint density at radius 1 is 1.07 bits per heavy atom. The van der Waals surface area contributed by atoms with E-state index in [9.17, 15) is 0 Å². The maximum atomic E-state index is 4.27. The van der Waals surface area contributed by atoms with Gasteiger partial charge >= 0.3 is 0 Å². The molecule has 0 saturated heterocycles. The molecule has 1 aliphatic carbocycles. The summed E-state index contributed by atoms with van der Waals surface area (Å²) in [5.41, 5.74) is 0. The van der Waals surface area contributed by atoms with Crippen LogP contribution in [0.3, 0.4) is 0 Å². The van der Waals surface area contributed by atoms with Crippen molar-refractivity contribution in [2.24, 2.45) is 0 Å². The van der Waals surface area contributed by atoms with E-state index in [-0.39, 0.29) is 0 Å². The Bertz CT molecular complexity index is 291. The van der Waals surface area contributed by atoms with Gasteiger partial charge < -0.3 is 5.32 Å². The van der Waals surface area contributed by atoms with Gasteiger partial charge in [-0.1, -0.05) is 25.7 Å². The number of nitrogens with one attached hydrogen (secondary N) is 1. The average molecular weight is 317 g/mol. The van der Waals surface area contributed by atoms with E-state index in [1.807, 2.05) is 12.4 Å². The Morgan fingerprint density at radius 2 is 1.67 bits per heavy atom. The number of halogens is 1. The normalized spacial score (nSPS) is 18.5. The minimum absolute atomic E-state index is 0.576. The molecule has 82 valence electrons. The highest BCUT2D eigenvalue weighted by molar-refractivity contribution is 14.1. The molecule has 0 spiro atoms. The lowest BCUT2D eigenvalue weighted by Crippen LogP contribution is -2.19. The third-order valence-electron chi connectivity index (χ3n) is 2.81. The highest BCUT2D eigenvalue weighted by Crippen LogP contribution is 2.19. The van der Waals surface area contributed by atoms with Crippen molar-refractivity contribution in [3.63, 3.8) is 0 Å². The van der Waals surface area contributed by atoms with Gasteiger partial charge in [0.1, 0.15) is 0 Å². The molecule has 0 radical (unpaired) electrons. The molecule has 0 aliphatic heterocycles. The molecule has 1 fully saturated rings. The van der Waals surface area contributed by atoms with Gasteiger partial charge in [-0.2, -0.15) is 0 Å². The van der Waals surface area contributed by atoms with E-state index in [0.29, 0.717) is 6.04 Å².